The van der Waals surface area contributed by atoms with Crippen LogP contribution in [0.3, 0.4) is 0 Å². The fourth-order valence-electron chi connectivity index (χ4n) is 0.954. The van der Waals surface area contributed by atoms with Gasteiger partial charge in [0.2, 0.25) is 0 Å². The number of hydrogen-bond acceptors (Lipinski definition) is 0. The minimum atomic E-state index is -0.0723. The maximum atomic E-state index is 3.30. The van der Waals surface area contributed by atoms with E-state index in [9.17, 15) is 0 Å². The van der Waals surface area contributed by atoms with Gasteiger partial charge in [0.1, 0.15) is 0 Å². The van der Waals surface area contributed by atoms with Gasteiger partial charge in [-0.15, -0.1) is 5.30 Å². The third kappa shape index (κ3) is 3.86. The van der Waals surface area contributed by atoms with Crippen LogP contribution in [-0.4, -0.2) is 11.8 Å². The summed E-state index contributed by atoms with van der Waals surface area (Å²) in [4.78, 5) is 0. The normalized spacial score (nSPS) is 13.2. The monoisotopic (exact) mass is 186 g/mol. The molecule has 0 radical (unpaired) electrons. The van der Waals surface area contributed by atoms with E-state index in [4.69, 9.17) is 0 Å². The average molecular weight is 186 g/mol. The molecule has 0 saturated carbocycles. The van der Waals surface area contributed by atoms with E-state index in [2.05, 4.69) is 45.6 Å². The van der Waals surface area contributed by atoms with Crippen LogP contribution in [0.1, 0.15) is 20.8 Å². The van der Waals surface area contributed by atoms with Gasteiger partial charge in [0, 0.05) is 0 Å². The molecule has 0 saturated heterocycles. The first-order valence-corrected chi connectivity index (χ1v) is 6.01. The molecule has 0 amide bonds. The molecule has 0 aliphatic heterocycles. The molecule has 1 unspecified atom stereocenters. The maximum absolute atomic E-state index is 3.30. The van der Waals surface area contributed by atoms with Crippen LogP contribution < -0.4 is 24.2 Å². The summed E-state index contributed by atoms with van der Waals surface area (Å²) < 4.78 is 0. The molecule has 0 nitrogen and oxygen atoms in total. The van der Waals surface area contributed by atoms with Crippen LogP contribution in [0.25, 0.3) is 0 Å². The Balaban J connectivity index is 0.00000144. The summed E-state index contributed by atoms with van der Waals surface area (Å²) in [5, 5.41) is 1.77. The molecular formula is C11H16LiP. The number of rotatable bonds is 1. The van der Waals surface area contributed by atoms with Gasteiger partial charge in [0.05, 0.1) is 0 Å². The van der Waals surface area contributed by atoms with Crippen molar-refractivity contribution < 1.29 is 18.9 Å². The predicted molar refractivity (Wildman–Crippen MR) is 57.5 cm³/mol. The van der Waals surface area contributed by atoms with E-state index in [1.165, 1.54) is 5.30 Å². The van der Waals surface area contributed by atoms with Crippen molar-refractivity contribution in [3.05, 3.63) is 30.3 Å². The minimum absolute atomic E-state index is 0. The Bertz CT molecular complexity index is 238. The molecule has 0 heterocycles. The third-order valence-corrected chi connectivity index (χ3v) is 5.07. The van der Waals surface area contributed by atoms with Gasteiger partial charge in [-0.25, -0.2) is 0 Å². The van der Waals surface area contributed by atoms with E-state index in [0.29, 0.717) is 5.16 Å². The van der Waals surface area contributed by atoms with Crippen molar-refractivity contribution in [3.8, 4) is 0 Å². The van der Waals surface area contributed by atoms with Gasteiger partial charge < -0.3 is 0 Å². The number of hydrogen-bond donors (Lipinski definition) is 0. The second kappa shape index (κ2) is 5.21. The first-order valence-electron chi connectivity index (χ1n) is 4.22. The van der Waals surface area contributed by atoms with Crippen molar-refractivity contribution >= 4 is 13.2 Å². The van der Waals surface area contributed by atoms with E-state index in [0.717, 1.165) is 0 Å². The van der Waals surface area contributed by atoms with Gasteiger partial charge in [-0.05, 0) is 11.8 Å². The molecule has 0 N–H and O–H groups in total. The van der Waals surface area contributed by atoms with E-state index in [1.807, 2.05) is 12.1 Å². The van der Waals surface area contributed by atoms with Crippen molar-refractivity contribution in [2.45, 2.75) is 25.9 Å². The first-order chi connectivity index (χ1) is 5.52. The summed E-state index contributed by atoms with van der Waals surface area (Å²) >= 11 is 0. The Morgan fingerprint density at radius 1 is 1.23 bits per heavy atom. The summed E-state index contributed by atoms with van der Waals surface area (Å²) in [6.45, 7) is 9.19. The Labute approximate surface area is 95.1 Å². The van der Waals surface area contributed by atoms with Crippen LogP contribution in [0.5, 0.6) is 0 Å². The third-order valence-electron chi connectivity index (χ3n) is 2.06. The maximum Gasteiger partial charge on any atom is 1.00 e. The van der Waals surface area contributed by atoms with Gasteiger partial charge in [-0.3, -0.25) is 0 Å². The van der Waals surface area contributed by atoms with E-state index in [1.54, 1.807) is 0 Å². The van der Waals surface area contributed by atoms with Gasteiger partial charge in [-0.1, -0.05) is 28.7 Å². The van der Waals surface area contributed by atoms with Gasteiger partial charge >= 0.3 is 18.9 Å². The quantitative estimate of drug-likeness (QED) is 0.329. The fraction of sp³-hybridized carbons (Fsp3) is 0.455. The fourth-order valence-corrected chi connectivity index (χ4v) is 2.25. The van der Waals surface area contributed by atoms with Crippen LogP contribution in [0.4, 0.5) is 0 Å². The SMILES string of the molecule is CP(c1[c-]cccc1)C(C)(C)C.[Li+]. The second-order valence-corrected chi connectivity index (χ2v) is 6.92. The molecule has 1 aromatic carbocycles. The van der Waals surface area contributed by atoms with Crippen molar-refractivity contribution in [1.29, 1.82) is 0 Å². The summed E-state index contributed by atoms with van der Waals surface area (Å²) in [6, 6.07) is 11.6. The van der Waals surface area contributed by atoms with Crippen molar-refractivity contribution in [1.82, 2.24) is 0 Å². The molecular weight excluding hydrogens is 170 g/mol. The Morgan fingerprint density at radius 2 is 1.85 bits per heavy atom. The molecule has 66 valence electrons. The Kier molecular flexibility index (Phi) is 5.31. The molecule has 0 fully saturated rings. The van der Waals surface area contributed by atoms with Crippen LogP contribution in [0.15, 0.2) is 24.3 Å². The van der Waals surface area contributed by atoms with Gasteiger partial charge in [0.25, 0.3) is 0 Å². The minimum Gasteiger partial charge on any atom is -0.176 e. The largest absolute Gasteiger partial charge is 1.00 e. The van der Waals surface area contributed by atoms with Gasteiger partial charge in [-0.2, -0.15) is 30.3 Å². The molecule has 1 aromatic rings. The van der Waals surface area contributed by atoms with Crippen molar-refractivity contribution in [3.63, 3.8) is 0 Å². The molecule has 1 rings (SSSR count). The topological polar surface area (TPSA) is 0 Å². The standard InChI is InChI=1S/C11H16P.Li/c1-11(2,3)12(4)10-8-6-5-7-9-10;/h5-8H,1-4H3;/q-1;+1. The van der Waals surface area contributed by atoms with E-state index in [-0.39, 0.29) is 26.8 Å². The summed E-state index contributed by atoms with van der Waals surface area (Å²) in [5.41, 5.74) is 0. The molecule has 0 bridgehead atoms. The van der Waals surface area contributed by atoms with E-state index >= 15 is 0 Å². The molecule has 0 spiro atoms. The zero-order valence-electron chi connectivity index (χ0n) is 9.26. The van der Waals surface area contributed by atoms with Gasteiger partial charge in [0.15, 0.2) is 0 Å². The molecule has 0 aromatic heterocycles. The molecule has 1 atom stereocenters. The Hall–Kier alpha value is 0.247. The average Bonchev–Trinajstić information content (AvgIpc) is 2.03. The molecule has 0 aliphatic rings. The number of benzene rings is 1. The second-order valence-electron chi connectivity index (χ2n) is 3.98. The molecule has 13 heavy (non-hydrogen) atoms. The summed E-state index contributed by atoms with van der Waals surface area (Å²) in [5.74, 6) is 0. The van der Waals surface area contributed by atoms with Crippen LogP contribution >= 0.6 is 7.92 Å². The summed E-state index contributed by atoms with van der Waals surface area (Å²) in [6.07, 6.45) is 0. The van der Waals surface area contributed by atoms with Crippen LogP contribution in [0, 0.1) is 6.07 Å². The van der Waals surface area contributed by atoms with E-state index < -0.39 is 0 Å². The molecule has 0 aliphatic carbocycles. The molecule has 2 heteroatoms. The van der Waals surface area contributed by atoms with Crippen LogP contribution in [0.2, 0.25) is 0 Å². The van der Waals surface area contributed by atoms with Crippen LogP contribution in [-0.2, 0) is 0 Å². The van der Waals surface area contributed by atoms with Crippen molar-refractivity contribution in [2.75, 3.05) is 6.66 Å². The predicted octanol–water partition coefficient (Wildman–Crippen LogP) is 0.0263. The van der Waals surface area contributed by atoms with Crippen molar-refractivity contribution in [2.24, 2.45) is 0 Å². The zero-order chi connectivity index (χ0) is 9.19. The zero-order valence-corrected chi connectivity index (χ0v) is 10.2. The first kappa shape index (κ1) is 13.2. The summed E-state index contributed by atoms with van der Waals surface area (Å²) in [7, 11) is -0.0723. The Morgan fingerprint density at radius 3 is 2.23 bits per heavy atom. The smallest absolute Gasteiger partial charge is 0.176 e.